The van der Waals surface area contributed by atoms with Gasteiger partial charge < -0.3 is 19.3 Å². The molecular weight excluding hydrogens is 390 g/mol. The van der Waals surface area contributed by atoms with Gasteiger partial charge in [-0.1, -0.05) is 49.0 Å². The van der Waals surface area contributed by atoms with Gasteiger partial charge in [0.25, 0.3) is 0 Å². The summed E-state index contributed by atoms with van der Waals surface area (Å²) in [6, 6.07) is 27.1. The van der Waals surface area contributed by atoms with E-state index in [-0.39, 0.29) is 12.4 Å². The summed E-state index contributed by atoms with van der Waals surface area (Å²) in [6.45, 7) is 4.28. The lowest BCUT2D eigenvalue weighted by Crippen LogP contribution is -2.00. The standard InChI is InChI=1S/C26H23NO4/c1-19(28)16-29-23-13-9-20(10-14-23)17-30-24-6-4-7-25(15-24)31-18-22-12-11-21-5-2-3-8-26(21)27-22/h2-15,28H,1,16-18H2. The molecule has 5 heteroatoms. The molecule has 0 saturated heterocycles. The number of rotatable bonds is 9. The first-order valence-electron chi connectivity index (χ1n) is 9.94. The van der Waals surface area contributed by atoms with Gasteiger partial charge in [-0.3, -0.25) is 0 Å². The predicted octanol–water partition coefficient (Wildman–Crippen LogP) is 5.84. The predicted molar refractivity (Wildman–Crippen MR) is 121 cm³/mol. The van der Waals surface area contributed by atoms with Gasteiger partial charge >= 0.3 is 0 Å². The largest absolute Gasteiger partial charge is 0.509 e. The van der Waals surface area contributed by atoms with Crippen LogP contribution in [-0.2, 0) is 13.2 Å². The molecule has 0 aliphatic heterocycles. The number of para-hydroxylation sites is 1. The van der Waals surface area contributed by atoms with E-state index in [1.807, 2.05) is 78.9 Å². The van der Waals surface area contributed by atoms with Gasteiger partial charge in [0.2, 0.25) is 0 Å². The van der Waals surface area contributed by atoms with E-state index in [1.54, 1.807) is 0 Å². The third-order valence-electron chi connectivity index (χ3n) is 4.58. The molecule has 0 unspecified atom stereocenters. The maximum atomic E-state index is 9.09. The summed E-state index contributed by atoms with van der Waals surface area (Å²) >= 11 is 0. The van der Waals surface area contributed by atoms with Gasteiger partial charge in [-0.15, -0.1) is 0 Å². The van der Waals surface area contributed by atoms with Gasteiger partial charge in [0.1, 0.15) is 42.8 Å². The average Bonchev–Trinajstić information content (AvgIpc) is 2.81. The number of aliphatic hydroxyl groups is 1. The summed E-state index contributed by atoms with van der Waals surface area (Å²) in [5.41, 5.74) is 2.83. The van der Waals surface area contributed by atoms with E-state index in [2.05, 4.69) is 17.6 Å². The van der Waals surface area contributed by atoms with Crippen molar-refractivity contribution in [2.75, 3.05) is 6.61 Å². The normalized spacial score (nSPS) is 10.6. The van der Waals surface area contributed by atoms with E-state index in [1.165, 1.54) is 0 Å². The first-order valence-corrected chi connectivity index (χ1v) is 9.94. The van der Waals surface area contributed by atoms with E-state index in [4.69, 9.17) is 19.3 Å². The Hall–Kier alpha value is -3.99. The van der Waals surface area contributed by atoms with Crippen molar-refractivity contribution in [3.05, 3.63) is 109 Å². The molecule has 0 saturated carbocycles. The highest BCUT2D eigenvalue weighted by atomic mass is 16.5. The Morgan fingerprint density at radius 1 is 0.742 bits per heavy atom. The Labute approximate surface area is 181 Å². The summed E-state index contributed by atoms with van der Waals surface area (Å²) in [5, 5.41) is 10.2. The second-order valence-corrected chi connectivity index (χ2v) is 7.05. The number of pyridine rings is 1. The second-order valence-electron chi connectivity index (χ2n) is 7.05. The second kappa shape index (κ2) is 9.67. The lowest BCUT2D eigenvalue weighted by Gasteiger charge is -2.10. The van der Waals surface area contributed by atoms with Gasteiger partial charge in [0.15, 0.2) is 0 Å². The quantitative estimate of drug-likeness (QED) is 0.349. The number of nitrogens with zero attached hydrogens (tertiary/aromatic N) is 1. The maximum Gasteiger partial charge on any atom is 0.144 e. The number of aliphatic hydroxyl groups excluding tert-OH is 1. The maximum absolute atomic E-state index is 9.09. The molecular formula is C26H23NO4. The fourth-order valence-electron chi connectivity index (χ4n) is 3.01. The molecule has 1 aromatic heterocycles. The number of benzene rings is 3. The van der Waals surface area contributed by atoms with E-state index in [9.17, 15) is 0 Å². The highest BCUT2D eigenvalue weighted by Gasteiger charge is 2.03. The van der Waals surface area contributed by atoms with Gasteiger partial charge in [0, 0.05) is 11.5 Å². The lowest BCUT2D eigenvalue weighted by atomic mass is 10.2. The minimum absolute atomic E-state index is 0.00842. The molecule has 0 atom stereocenters. The zero-order valence-electron chi connectivity index (χ0n) is 17.0. The minimum atomic E-state index is -0.00842. The molecule has 5 nitrogen and oxygen atoms in total. The minimum Gasteiger partial charge on any atom is -0.509 e. The molecule has 1 heterocycles. The molecule has 0 bridgehead atoms. The average molecular weight is 413 g/mol. The van der Waals surface area contributed by atoms with Crippen molar-refractivity contribution in [3.8, 4) is 17.2 Å². The molecule has 0 amide bonds. The Balaban J connectivity index is 1.32. The number of aromatic nitrogens is 1. The van der Waals surface area contributed by atoms with E-state index >= 15 is 0 Å². The third kappa shape index (κ3) is 5.76. The number of hydrogen-bond acceptors (Lipinski definition) is 5. The molecule has 1 N–H and O–H groups in total. The first kappa shape index (κ1) is 20.3. The van der Waals surface area contributed by atoms with Crippen LogP contribution in [0, 0.1) is 0 Å². The monoisotopic (exact) mass is 413 g/mol. The van der Waals surface area contributed by atoms with Crippen LogP contribution in [0.1, 0.15) is 11.3 Å². The van der Waals surface area contributed by atoms with Crippen molar-refractivity contribution in [2.24, 2.45) is 0 Å². The summed E-state index contributed by atoms with van der Waals surface area (Å²) in [6.07, 6.45) is 0. The van der Waals surface area contributed by atoms with Gasteiger partial charge in [-0.25, -0.2) is 4.98 Å². The van der Waals surface area contributed by atoms with Crippen molar-refractivity contribution in [3.63, 3.8) is 0 Å². The highest BCUT2D eigenvalue weighted by Crippen LogP contribution is 2.22. The lowest BCUT2D eigenvalue weighted by molar-refractivity contribution is 0.271. The van der Waals surface area contributed by atoms with E-state index in [0.717, 1.165) is 33.7 Å². The van der Waals surface area contributed by atoms with Gasteiger partial charge in [0.05, 0.1) is 11.2 Å². The van der Waals surface area contributed by atoms with Crippen LogP contribution in [0.15, 0.2) is 97.3 Å². The fourth-order valence-corrected chi connectivity index (χ4v) is 3.01. The topological polar surface area (TPSA) is 60.8 Å². The highest BCUT2D eigenvalue weighted by molar-refractivity contribution is 5.78. The van der Waals surface area contributed by atoms with Crippen molar-refractivity contribution in [2.45, 2.75) is 13.2 Å². The van der Waals surface area contributed by atoms with Crippen LogP contribution < -0.4 is 14.2 Å². The van der Waals surface area contributed by atoms with Crippen LogP contribution >= 0.6 is 0 Å². The van der Waals surface area contributed by atoms with E-state index < -0.39 is 0 Å². The molecule has 4 rings (SSSR count). The first-order chi connectivity index (χ1) is 15.2. The van der Waals surface area contributed by atoms with Crippen LogP contribution in [0.5, 0.6) is 17.2 Å². The Kier molecular flexibility index (Phi) is 6.33. The Bertz CT molecular complexity index is 1170. The molecule has 0 fully saturated rings. The zero-order valence-corrected chi connectivity index (χ0v) is 17.0. The van der Waals surface area contributed by atoms with Crippen LogP contribution in [-0.4, -0.2) is 16.7 Å². The van der Waals surface area contributed by atoms with Crippen molar-refractivity contribution in [1.82, 2.24) is 4.98 Å². The number of fused-ring (bicyclic) bond motifs is 1. The molecule has 0 spiro atoms. The molecule has 156 valence electrons. The molecule has 0 radical (unpaired) electrons. The molecule has 0 aliphatic rings. The zero-order chi connectivity index (χ0) is 21.5. The summed E-state index contributed by atoms with van der Waals surface area (Å²) in [4.78, 5) is 4.63. The van der Waals surface area contributed by atoms with Crippen molar-refractivity contribution >= 4 is 10.9 Å². The summed E-state index contributed by atoms with van der Waals surface area (Å²) < 4.78 is 17.2. The molecule has 3 aromatic carbocycles. The van der Waals surface area contributed by atoms with E-state index in [0.29, 0.717) is 19.0 Å². The van der Waals surface area contributed by atoms with Gasteiger partial charge in [-0.05, 0) is 42.0 Å². The van der Waals surface area contributed by atoms with Crippen molar-refractivity contribution in [1.29, 1.82) is 0 Å². The number of ether oxygens (including phenoxy) is 3. The fraction of sp³-hybridized carbons (Fsp3) is 0.115. The summed E-state index contributed by atoms with van der Waals surface area (Å²) in [7, 11) is 0. The molecule has 31 heavy (non-hydrogen) atoms. The van der Waals surface area contributed by atoms with Crippen LogP contribution in [0.25, 0.3) is 10.9 Å². The molecule has 0 aliphatic carbocycles. The number of hydrogen-bond donors (Lipinski definition) is 1. The SMILES string of the molecule is C=C(O)COc1ccc(COc2cccc(OCc3ccc4ccccc4n3)c2)cc1. The smallest absolute Gasteiger partial charge is 0.144 e. The third-order valence-corrected chi connectivity index (χ3v) is 4.58. The van der Waals surface area contributed by atoms with Crippen LogP contribution in [0.4, 0.5) is 0 Å². The Morgan fingerprint density at radius 2 is 1.48 bits per heavy atom. The summed E-state index contributed by atoms with van der Waals surface area (Å²) in [5.74, 6) is 2.10. The van der Waals surface area contributed by atoms with Gasteiger partial charge in [-0.2, -0.15) is 0 Å². The van der Waals surface area contributed by atoms with Crippen LogP contribution in [0.2, 0.25) is 0 Å². The molecule has 4 aromatic rings. The van der Waals surface area contributed by atoms with Crippen molar-refractivity contribution < 1.29 is 19.3 Å². The van der Waals surface area contributed by atoms with Crippen LogP contribution in [0.3, 0.4) is 0 Å². The Morgan fingerprint density at radius 3 is 2.26 bits per heavy atom.